The van der Waals surface area contributed by atoms with Gasteiger partial charge in [-0.2, -0.15) is 13.2 Å². The van der Waals surface area contributed by atoms with Crippen molar-refractivity contribution in [2.45, 2.75) is 24.2 Å². The number of benzene rings is 2. The molecule has 3 aromatic rings. The monoisotopic (exact) mass is 448 g/mol. The van der Waals surface area contributed by atoms with Gasteiger partial charge in [-0.15, -0.1) is 0 Å². The number of nitrogens with two attached hydrogens (primary N) is 1. The Morgan fingerprint density at radius 1 is 1.00 bits per heavy atom. The van der Waals surface area contributed by atoms with Crippen LogP contribution in [0.1, 0.15) is 17.8 Å². The highest BCUT2D eigenvalue weighted by molar-refractivity contribution is 8.00. The second kappa shape index (κ2) is 9.78. The molecule has 2 aromatic carbocycles. The van der Waals surface area contributed by atoms with E-state index in [1.54, 1.807) is 18.2 Å². The predicted molar refractivity (Wildman–Crippen MR) is 111 cm³/mol. The summed E-state index contributed by atoms with van der Waals surface area (Å²) < 4.78 is 39.6. The third kappa shape index (κ3) is 6.17. The number of rotatable bonds is 8. The van der Waals surface area contributed by atoms with E-state index >= 15 is 0 Å². The first-order valence-electron chi connectivity index (χ1n) is 9.31. The molecule has 10 heteroatoms. The lowest BCUT2D eigenvalue weighted by molar-refractivity contribution is -0.145. The number of para-hydroxylation sites is 1. The lowest BCUT2D eigenvalue weighted by atomic mass is 10.2. The summed E-state index contributed by atoms with van der Waals surface area (Å²) >= 11 is 0.903. The highest BCUT2D eigenvalue weighted by atomic mass is 32.2. The van der Waals surface area contributed by atoms with Crippen molar-refractivity contribution in [1.82, 2.24) is 14.9 Å². The standard InChI is InChI=1S/C21H19F3N4O2S/c22-21(23,24)20-26-16-9-5-4-8-15(16)19(27-20)31-13-18(30)28(11-10-17(25)29)12-14-6-2-1-3-7-14/h1-9H,10-13H2,(H2,25,29). The van der Waals surface area contributed by atoms with Crippen molar-refractivity contribution in [3.8, 4) is 0 Å². The normalized spacial score (nSPS) is 11.5. The zero-order valence-electron chi connectivity index (χ0n) is 16.3. The van der Waals surface area contributed by atoms with Crippen molar-refractivity contribution >= 4 is 34.5 Å². The van der Waals surface area contributed by atoms with Gasteiger partial charge in [0.15, 0.2) is 0 Å². The molecule has 0 radical (unpaired) electrons. The van der Waals surface area contributed by atoms with Gasteiger partial charge in [0.1, 0.15) is 5.03 Å². The Morgan fingerprint density at radius 2 is 1.68 bits per heavy atom. The minimum atomic E-state index is -4.70. The lowest BCUT2D eigenvalue weighted by Gasteiger charge is -2.22. The first-order valence-corrected chi connectivity index (χ1v) is 10.3. The van der Waals surface area contributed by atoms with Crippen molar-refractivity contribution in [1.29, 1.82) is 0 Å². The quantitative estimate of drug-likeness (QED) is 0.420. The van der Waals surface area contributed by atoms with E-state index in [1.807, 2.05) is 30.3 Å². The average Bonchev–Trinajstić information content (AvgIpc) is 2.74. The van der Waals surface area contributed by atoms with E-state index in [4.69, 9.17) is 5.73 Å². The van der Waals surface area contributed by atoms with Crippen LogP contribution in [0.4, 0.5) is 13.2 Å². The van der Waals surface area contributed by atoms with E-state index in [-0.39, 0.29) is 41.7 Å². The molecule has 0 atom stereocenters. The summed E-state index contributed by atoms with van der Waals surface area (Å²) in [6, 6.07) is 15.5. The van der Waals surface area contributed by atoms with Gasteiger partial charge in [-0.3, -0.25) is 9.59 Å². The van der Waals surface area contributed by atoms with Crippen LogP contribution in [0.15, 0.2) is 59.6 Å². The third-order valence-corrected chi connectivity index (χ3v) is 5.33. The summed E-state index contributed by atoms with van der Waals surface area (Å²) in [4.78, 5) is 32.7. The summed E-state index contributed by atoms with van der Waals surface area (Å²) in [5.41, 5.74) is 6.22. The minimum absolute atomic E-state index is 0.0160. The second-order valence-corrected chi connectivity index (χ2v) is 7.64. The number of hydrogen-bond acceptors (Lipinski definition) is 5. The van der Waals surface area contributed by atoms with Crippen LogP contribution in [0.5, 0.6) is 0 Å². The summed E-state index contributed by atoms with van der Waals surface area (Å²) in [5, 5.41) is 0.501. The molecule has 162 valence electrons. The average molecular weight is 448 g/mol. The molecule has 1 aromatic heterocycles. The fourth-order valence-corrected chi connectivity index (χ4v) is 3.77. The molecule has 0 saturated heterocycles. The molecule has 0 saturated carbocycles. The summed E-state index contributed by atoms with van der Waals surface area (Å²) in [5.74, 6) is -2.29. The number of aromatic nitrogens is 2. The topological polar surface area (TPSA) is 89.2 Å². The molecule has 0 aliphatic rings. The van der Waals surface area contributed by atoms with Gasteiger partial charge in [0.25, 0.3) is 0 Å². The SMILES string of the molecule is NC(=O)CCN(Cc1ccccc1)C(=O)CSc1nc(C(F)(F)F)nc2ccccc12. The maximum Gasteiger partial charge on any atom is 0.451 e. The first kappa shape index (κ1) is 22.5. The number of halogens is 3. The Morgan fingerprint density at radius 3 is 2.35 bits per heavy atom. The van der Waals surface area contributed by atoms with Gasteiger partial charge in [0.05, 0.1) is 11.3 Å². The number of hydrogen-bond donors (Lipinski definition) is 1. The van der Waals surface area contributed by atoms with Gasteiger partial charge in [0.2, 0.25) is 17.6 Å². The number of primary amides is 1. The fraction of sp³-hybridized carbons (Fsp3) is 0.238. The van der Waals surface area contributed by atoms with Crippen LogP contribution in [0.25, 0.3) is 10.9 Å². The zero-order chi connectivity index (χ0) is 22.4. The van der Waals surface area contributed by atoms with Gasteiger partial charge in [0, 0.05) is 24.9 Å². The molecule has 2 amide bonds. The van der Waals surface area contributed by atoms with Crippen LogP contribution in [-0.4, -0.2) is 39.0 Å². The molecular weight excluding hydrogens is 429 g/mol. The molecule has 0 spiro atoms. The smallest absolute Gasteiger partial charge is 0.370 e. The molecule has 0 aliphatic carbocycles. The Kier molecular flexibility index (Phi) is 7.11. The summed E-state index contributed by atoms with van der Waals surface area (Å²) in [6.07, 6.45) is -4.72. The van der Waals surface area contributed by atoms with Crippen LogP contribution in [0.3, 0.4) is 0 Å². The predicted octanol–water partition coefficient (Wildman–Crippen LogP) is 3.64. The molecule has 0 aliphatic heterocycles. The highest BCUT2D eigenvalue weighted by Gasteiger charge is 2.35. The number of carbonyl (C=O) groups is 2. The van der Waals surface area contributed by atoms with Crippen LogP contribution in [-0.2, 0) is 22.3 Å². The number of carbonyl (C=O) groups excluding carboxylic acids is 2. The van der Waals surface area contributed by atoms with E-state index < -0.39 is 17.9 Å². The van der Waals surface area contributed by atoms with E-state index in [0.29, 0.717) is 5.39 Å². The molecule has 3 rings (SSSR count). The van der Waals surface area contributed by atoms with Crippen LogP contribution in [0.2, 0.25) is 0 Å². The van der Waals surface area contributed by atoms with Crippen LogP contribution >= 0.6 is 11.8 Å². The third-order valence-electron chi connectivity index (χ3n) is 4.35. The maximum absolute atomic E-state index is 13.2. The van der Waals surface area contributed by atoms with Crippen molar-refractivity contribution in [2.75, 3.05) is 12.3 Å². The first-order chi connectivity index (χ1) is 14.7. The highest BCUT2D eigenvalue weighted by Crippen LogP contribution is 2.32. The van der Waals surface area contributed by atoms with Crippen molar-refractivity contribution in [3.05, 3.63) is 66.0 Å². The number of alkyl halides is 3. The van der Waals surface area contributed by atoms with Crippen LogP contribution < -0.4 is 5.73 Å². The van der Waals surface area contributed by atoms with Gasteiger partial charge in [-0.25, -0.2) is 9.97 Å². The second-order valence-electron chi connectivity index (χ2n) is 6.67. The van der Waals surface area contributed by atoms with Gasteiger partial charge >= 0.3 is 6.18 Å². The number of thioether (sulfide) groups is 1. The van der Waals surface area contributed by atoms with Crippen molar-refractivity contribution in [2.24, 2.45) is 5.73 Å². The molecule has 31 heavy (non-hydrogen) atoms. The number of fused-ring (bicyclic) bond motifs is 1. The maximum atomic E-state index is 13.2. The molecule has 0 bridgehead atoms. The molecule has 1 heterocycles. The Hall–Kier alpha value is -3.14. The summed E-state index contributed by atoms with van der Waals surface area (Å²) in [6.45, 7) is 0.369. The van der Waals surface area contributed by atoms with E-state index in [9.17, 15) is 22.8 Å². The Bertz CT molecular complexity index is 1080. The van der Waals surface area contributed by atoms with Crippen molar-refractivity contribution in [3.63, 3.8) is 0 Å². The van der Waals surface area contributed by atoms with Crippen molar-refractivity contribution < 1.29 is 22.8 Å². The summed E-state index contributed by atoms with van der Waals surface area (Å²) in [7, 11) is 0. The largest absolute Gasteiger partial charge is 0.451 e. The van der Waals surface area contributed by atoms with E-state index in [1.165, 1.54) is 11.0 Å². The van der Waals surface area contributed by atoms with Gasteiger partial charge < -0.3 is 10.6 Å². The molecular formula is C21H19F3N4O2S. The molecule has 2 N–H and O–H groups in total. The van der Waals surface area contributed by atoms with E-state index in [2.05, 4.69) is 9.97 Å². The number of nitrogens with zero attached hydrogens (tertiary/aromatic N) is 3. The minimum Gasteiger partial charge on any atom is -0.370 e. The molecule has 0 unspecified atom stereocenters. The molecule has 6 nitrogen and oxygen atoms in total. The lowest BCUT2D eigenvalue weighted by Crippen LogP contribution is -2.34. The Labute approximate surface area is 180 Å². The zero-order valence-corrected chi connectivity index (χ0v) is 17.1. The number of amides is 2. The van der Waals surface area contributed by atoms with Gasteiger partial charge in [-0.05, 0) is 11.6 Å². The Balaban J connectivity index is 1.81. The van der Waals surface area contributed by atoms with Gasteiger partial charge in [-0.1, -0.05) is 60.3 Å². The molecule has 0 fully saturated rings. The van der Waals surface area contributed by atoms with E-state index in [0.717, 1.165) is 17.3 Å². The fourth-order valence-electron chi connectivity index (χ4n) is 2.85. The van der Waals surface area contributed by atoms with Crippen LogP contribution in [0, 0.1) is 0 Å².